The van der Waals surface area contributed by atoms with Crippen molar-refractivity contribution >= 4 is 29.0 Å². The zero-order valence-electron chi connectivity index (χ0n) is 20.0. The topological polar surface area (TPSA) is 63.6 Å². The van der Waals surface area contributed by atoms with E-state index in [0.29, 0.717) is 24.4 Å². The molecule has 0 bridgehead atoms. The highest BCUT2D eigenvalue weighted by atomic mass is 32.1. The molecule has 34 heavy (non-hydrogen) atoms. The van der Waals surface area contributed by atoms with E-state index in [0.717, 1.165) is 18.5 Å². The van der Waals surface area contributed by atoms with Gasteiger partial charge in [-0.25, -0.2) is 9.59 Å². The van der Waals surface area contributed by atoms with Crippen molar-refractivity contribution in [1.29, 1.82) is 0 Å². The molecule has 2 amide bonds. The minimum absolute atomic E-state index is 0.0675. The predicted octanol–water partition coefficient (Wildman–Crippen LogP) is 6.34. The van der Waals surface area contributed by atoms with Crippen LogP contribution in [-0.4, -0.2) is 28.1 Å². The Balaban J connectivity index is 1.52. The molecule has 5 rings (SSSR count). The fourth-order valence-electron chi connectivity index (χ4n) is 5.26. The van der Waals surface area contributed by atoms with Gasteiger partial charge < -0.3 is 19.5 Å². The molecule has 1 aliphatic carbocycles. The highest BCUT2D eigenvalue weighted by Gasteiger charge is 2.36. The second-order valence-electron chi connectivity index (χ2n) is 9.35. The maximum atomic E-state index is 13.8. The van der Waals surface area contributed by atoms with Crippen molar-refractivity contribution in [2.24, 2.45) is 5.92 Å². The smallest absolute Gasteiger partial charge is 0.338 e. The number of hydrogen-bond donors (Lipinski definition) is 1. The summed E-state index contributed by atoms with van der Waals surface area (Å²) in [6.45, 7) is 7.00. The maximum absolute atomic E-state index is 13.8. The summed E-state index contributed by atoms with van der Waals surface area (Å²) in [5.74, 6) is -0.157. The van der Waals surface area contributed by atoms with Crippen LogP contribution in [0, 0.1) is 5.92 Å². The van der Waals surface area contributed by atoms with E-state index >= 15 is 0 Å². The lowest BCUT2D eigenvalue weighted by Crippen LogP contribution is -2.39. The second kappa shape index (κ2) is 9.29. The van der Waals surface area contributed by atoms with Crippen molar-refractivity contribution < 1.29 is 14.3 Å². The summed E-state index contributed by atoms with van der Waals surface area (Å²) in [6, 6.07) is 11.0. The summed E-state index contributed by atoms with van der Waals surface area (Å²) in [4.78, 5) is 29.4. The van der Waals surface area contributed by atoms with Crippen LogP contribution >= 0.6 is 11.3 Å². The number of carbonyl (C=O) groups excluding carboxylic acids is 2. The van der Waals surface area contributed by atoms with Gasteiger partial charge in [-0.1, -0.05) is 19.9 Å². The van der Waals surface area contributed by atoms with Crippen LogP contribution in [0.2, 0.25) is 0 Å². The Morgan fingerprint density at radius 2 is 1.97 bits per heavy atom. The molecule has 0 spiro atoms. The van der Waals surface area contributed by atoms with Crippen LogP contribution in [0.5, 0.6) is 0 Å². The predicted molar refractivity (Wildman–Crippen MR) is 135 cm³/mol. The van der Waals surface area contributed by atoms with Gasteiger partial charge in [0, 0.05) is 28.0 Å². The first-order valence-corrected chi connectivity index (χ1v) is 13.0. The van der Waals surface area contributed by atoms with Gasteiger partial charge in [-0.2, -0.15) is 0 Å². The van der Waals surface area contributed by atoms with Crippen LogP contribution < -0.4 is 5.32 Å². The number of nitrogens with zero attached hydrogens (tertiary/aromatic N) is 2. The van der Waals surface area contributed by atoms with Crippen molar-refractivity contribution in [3.05, 3.63) is 69.9 Å². The molecule has 0 radical (unpaired) electrons. The number of urea groups is 1. The molecule has 6 nitrogen and oxygen atoms in total. The molecule has 3 aromatic rings. The molecule has 1 aliphatic heterocycles. The van der Waals surface area contributed by atoms with E-state index in [1.54, 1.807) is 25.1 Å². The molecule has 1 aromatic carbocycles. The standard InChI is InChI=1S/C27H31N3O3S/c1-4-33-26(31)18-9-7-10-19(15-18)28-27(32)30-16-21-20-11-5-6-13-23(20)34-25(21)29-14-8-12-22(29)24(30)17(2)3/h7-10,12,14-15,17,24H,4-6,11,13,16H2,1-3H3,(H,28,32)/t24-/m1/s1. The minimum atomic E-state index is -0.388. The number of ether oxygens (including phenoxy) is 1. The normalized spacial score (nSPS) is 16.9. The van der Waals surface area contributed by atoms with E-state index in [9.17, 15) is 9.59 Å². The molecule has 2 aliphatic rings. The number of thiophene rings is 1. The molecular formula is C27H31N3O3S. The number of hydrogen-bond acceptors (Lipinski definition) is 4. The maximum Gasteiger partial charge on any atom is 0.338 e. The van der Waals surface area contributed by atoms with Gasteiger partial charge >= 0.3 is 12.0 Å². The van der Waals surface area contributed by atoms with Crippen molar-refractivity contribution in [3.63, 3.8) is 0 Å². The summed E-state index contributed by atoms with van der Waals surface area (Å²) in [5, 5.41) is 4.32. The summed E-state index contributed by atoms with van der Waals surface area (Å²) in [5.41, 5.74) is 4.89. The Bertz CT molecular complexity index is 1230. The molecule has 0 fully saturated rings. The van der Waals surface area contributed by atoms with Crippen molar-refractivity contribution in [3.8, 4) is 5.00 Å². The van der Waals surface area contributed by atoms with E-state index in [-0.39, 0.29) is 24.0 Å². The lowest BCUT2D eigenvalue weighted by molar-refractivity contribution is 0.0526. The Morgan fingerprint density at radius 1 is 1.15 bits per heavy atom. The number of aromatic nitrogens is 1. The third-order valence-corrected chi connectivity index (χ3v) is 8.08. The number of esters is 1. The molecule has 0 saturated heterocycles. The van der Waals surface area contributed by atoms with Crippen LogP contribution in [0.1, 0.15) is 71.7 Å². The highest BCUT2D eigenvalue weighted by Crippen LogP contribution is 2.44. The molecule has 178 valence electrons. The second-order valence-corrected chi connectivity index (χ2v) is 10.4. The Hall–Kier alpha value is -3.06. The summed E-state index contributed by atoms with van der Waals surface area (Å²) >= 11 is 1.89. The van der Waals surface area contributed by atoms with Crippen LogP contribution in [0.25, 0.3) is 5.00 Å². The first-order valence-electron chi connectivity index (χ1n) is 12.1. The van der Waals surface area contributed by atoms with E-state index < -0.39 is 0 Å². The number of carbonyl (C=O) groups is 2. The average Bonchev–Trinajstić information content (AvgIpc) is 3.40. The van der Waals surface area contributed by atoms with Gasteiger partial charge in [-0.3, -0.25) is 0 Å². The van der Waals surface area contributed by atoms with E-state index in [2.05, 4.69) is 42.1 Å². The summed E-state index contributed by atoms with van der Waals surface area (Å²) < 4.78 is 7.42. The molecular weight excluding hydrogens is 446 g/mol. The fourth-order valence-corrected chi connectivity index (χ4v) is 6.66. The van der Waals surface area contributed by atoms with Gasteiger partial charge in [0.15, 0.2) is 0 Å². The van der Waals surface area contributed by atoms with Gasteiger partial charge in [0.1, 0.15) is 5.00 Å². The molecule has 1 atom stereocenters. The number of anilines is 1. The largest absolute Gasteiger partial charge is 0.462 e. The zero-order valence-corrected chi connectivity index (χ0v) is 20.8. The number of amides is 2. The third-order valence-electron chi connectivity index (χ3n) is 6.74. The molecule has 1 N–H and O–H groups in total. The first-order chi connectivity index (χ1) is 16.5. The SMILES string of the molecule is CCOC(=O)c1cccc(NC(=O)N2Cc3c(sc4c3CCCC4)-n3cccc3[C@H]2C(C)C)c1. The molecule has 0 unspecified atom stereocenters. The van der Waals surface area contributed by atoms with Gasteiger partial charge in [0.05, 0.1) is 24.8 Å². The number of benzene rings is 1. The van der Waals surface area contributed by atoms with Crippen molar-refractivity contribution in [1.82, 2.24) is 9.47 Å². The molecule has 2 aromatic heterocycles. The van der Waals surface area contributed by atoms with E-state index in [1.807, 2.05) is 22.3 Å². The quantitative estimate of drug-likeness (QED) is 0.446. The number of nitrogens with one attached hydrogen (secondary N) is 1. The van der Waals surface area contributed by atoms with Crippen LogP contribution in [0.15, 0.2) is 42.6 Å². The minimum Gasteiger partial charge on any atom is -0.462 e. The van der Waals surface area contributed by atoms with Crippen LogP contribution in [0.3, 0.4) is 0 Å². The third kappa shape index (κ3) is 4.02. The Kier molecular flexibility index (Phi) is 6.21. The van der Waals surface area contributed by atoms with E-state index in [4.69, 9.17) is 4.74 Å². The number of fused-ring (bicyclic) bond motifs is 5. The van der Waals surface area contributed by atoms with Crippen molar-refractivity contribution in [2.75, 3.05) is 11.9 Å². The molecule has 7 heteroatoms. The Morgan fingerprint density at radius 3 is 2.76 bits per heavy atom. The van der Waals surface area contributed by atoms with Gasteiger partial charge in [0.2, 0.25) is 0 Å². The van der Waals surface area contributed by atoms with E-state index in [1.165, 1.54) is 33.8 Å². The molecule has 3 heterocycles. The fraction of sp³-hybridized carbons (Fsp3) is 0.407. The summed E-state index contributed by atoms with van der Waals surface area (Å²) in [6.07, 6.45) is 6.79. The Labute approximate surface area is 204 Å². The highest BCUT2D eigenvalue weighted by molar-refractivity contribution is 7.15. The van der Waals surface area contributed by atoms with Gasteiger partial charge in [0.25, 0.3) is 0 Å². The van der Waals surface area contributed by atoms with Gasteiger partial charge in [-0.05, 0) is 74.4 Å². The van der Waals surface area contributed by atoms with Gasteiger partial charge in [-0.15, -0.1) is 11.3 Å². The monoisotopic (exact) mass is 477 g/mol. The molecule has 0 saturated carbocycles. The lowest BCUT2D eigenvalue weighted by Gasteiger charge is -2.33. The van der Waals surface area contributed by atoms with Crippen LogP contribution in [0.4, 0.5) is 10.5 Å². The summed E-state index contributed by atoms with van der Waals surface area (Å²) in [7, 11) is 0. The number of aryl methyl sites for hydroxylation is 1. The zero-order chi connectivity index (χ0) is 23.8. The first kappa shape index (κ1) is 22.7. The number of rotatable bonds is 4. The average molecular weight is 478 g/mol. The lowest BCUT2D eigenvalue weighted by atomic mass is 9.94. The van der Waals surface area contributed by atoms with Crippen LogP contribution in [-0.2, 0) is 24.1 Å². The van der Waals surface area contributed by atoms with Crippen molar-refractivity contribution in [2.45, 2.75) is 59.0 Å².